The van der Waals surface area contributed by atoms with Gasteiger partial charge in [0.2, 0.25) is 5.95 Å². The first-order valence-corrected chi connectivity index (χ1v) is 9.92. The van der Waals surface area contributed by atoms with Gasteiger partial charge in [0.1, 0.15) is 0 Å². The van der Waals surface area contributed by atoms with Gasteiger partial charge in [-0.05, 0) is 44.8 Å². The topological polar surface area (TPSA) is 45.2 Å². The van der Waals surface area contributed by atoms with Crippen LogP contribution < -0.4 is 4.90 Å². The van der Waals surface area contributed by atoms with Crippen molar-refractivity contribution in [1.29, 1.82) is 0 Å². The SMILES string of the molecule is CN(C)[C@H]1CCN(c2nncc(-c3ccc(C4CCCCC4)cc3)n2)C1. The highest BCUT2D eigenvalue weighted by Crippen LogP contribution is 2.33. The molecule has 26 heavy (non-hydrogen) atoms. The Kier molecular flexibility index (Phi) is 5.16. The smallest absolute Gasteiger partial charge is 0.245 e. The molecule has 138 valence electrons. The van der Waals surface area contributed by atoms with Gasteiger partial charge in [0.05, 0.1) is 11.9 Å². The van der Waals surface area contributed by atoms with Gasteiger partial charge in [-0.2, -0.15) is 5.10 Å². The summed E-state index contributed by atoms with van der Waals surface area (Å²) in [6, 6.07) is 9.53. The zero-order chi connectivity index (χ0) is 17.9. The Morgan fingerprint density at radius 3 is 2.46 bits per heavy atom. The van der Waals surface area contributed by atoms with Crippen LogP contribution in [0.3, 0.4) is 0 Å². The van der Waals surface area contributed by atoms with E-state index in [0.29, 0.717) is 6.04 Å². The van der Waals surface area contributed by atoms with Crippen molar-refractivity contribution in [2.45, 2.75) is 50.5 Å². The summed E-state index contributed by atoms with van der Waals surface area (Å²) in [5.74, 6) is 1.49. The van der Waals surface area contributed by atoms with Crippen LogP contribution in [-0.4, -0.2) is 53.3 Å². The molecule has 1 atom stereocenters. The van der Waals surface area contributed by atoms with Crippen LogP contribution in [0.2, 0.25) is 0 Å². The molecule has 1 saturated carbocycles. The van der Waals surface area contributed by atoms with E-state index in [1.807, 2.05) is 0 Å². The largest absolute Gasteiger partial charge is 0.338 e. The minimum Gasteiger partial charge on any atom is -0.338 e. The van der Waals surface area contributed by atoms with Gasteiger partial charge in [-0.3, -0.25) is 0 Å². The number of likely N-dealkylation sites (N-methyl/N-ethyl adjacent to an activating group) is 1. The first kappa shape index (κ1) is 17.4. The fourth-order valence-electron chi connectivity index (χ4n) is 4.27. The summed E-state index contributed by atoms with van der Waals surface area (Å²) in [6.45, 7) is 1.97. The van der Waals surface area contributed by atoms with Gasteiger partial charge in [0.15, 0.2) is 0 Å². The van der Waals surface area contributed by atoms with Crippen molar-refractivity contribution in [3.8, 4) is 11.3 Å². The van der Waals surface area contributed by atoms with Gasteiger partial charge in [0, 0.05) is 24.7 Å². The molecule has 2 aliphatic rings. The number of benzene rings is 1. The van der Waals surface area contributed by atoms with Gasteiger partial charge < -0.3 is 9.80 Å². The maximum Gasteiger partial charge on any atom is 0.245 e. The molecule has 5 heteroatoms. The van der Waals surface area contributed by atoms with Gasteiger partial charge in [-0.1, -0.05) is 43.5 Å². The molecule has 5 nitrogen and oxygen atoms in total. The lowest BCUT2D eigenvalue weighted by Gasteiger charge is -2.22. The summed E-state index contributed by atoms with van der Waals surface area (Å²) in [5, 5.41) is 8.50. The van der Waals surface area contributed by atoms with Gasteiger partial charge in [-0.15, -0.1) is 5.10 Å². The molecule has 1 aromatic heterocycles. The summed E-state index contributed by atoms with van der Waals surface area (Å²) in [5.41, 5.74) is 3.52. The van der Waals surface area contributed by atoms with E-state index in [4.69, 9.17) is 4.98 Å². The third kappa shape index (κ3) is 3.73. The quantitative estimate of drug-likeness (QED) is 0.840. The number of anilines is 1. The number of hydrogen-bond donors (Lipinski definition) is 0. The zero-order valence-electron chi connectivity index (χ0n) is 15.9. The summed E-state index contributed by atoms with van der Waals surface area (Å²) < 4.78 is 0. The zero-order valence-corrected chi connectivity index (χ0v) is 15.9. The minimum absolute atomic E-state index is 0.567. The second-order valence-electron chi connectivity index (χ2n) is 7.95. The van der Waals surface area contributed by atoms with Crippen molar-refractivity contribution in [2.75, 3.05) is 32.1 Å². The van der Waals surface area contributed by atoms with Crippen molar-refractivity contribution in [1.82, 2.24) is 20.1 Å². The van der Waals surface area contributed by atoms with Crippen LogP contribution in [0, 0.1) is 0 Å². The van der Waals surface area contributed by atoms with Crippen LogP contribution in [0.25, 0.3) is 11.3 Å². The second-order valence-corrected chi connectivity index (χ2v) is 7.95. The lowest BCUT2D eigenvalue weighted by atomic mass is 9.84. The van der Waals surface area contributed by atoms with Crippen molar-refractivity contribution >= 4 is 5.95 Å². The summed E-state index contributed by atoms with van der Waals surface area (Å²) >= 11 is 0. The third-order valence-electron chi connectivity index (χ3n) is 6.01. The third-order valence-corrected chi connectivity index (χ3v) is 6.01. The summed E-state index contributed by atoms with van der Waals surface area (Å²) in [6.07, 6.45) is 9.73. The average molecular weight is 351 g/mol. The van der Waals surface area contributed by atoms with Crippen LogP contribution in [-0.2, 0) is 0 Å². The first-order valence-electron chi connectivity index (χ1n) is 9.92. The average Bonchev–Trinajstić information content (AvgIpc) is 3.20. The molecule has 0 bridgehead atoms. The highest BCUT2D eigenvalue weighted by Gasteiger charge is 2.26. The van der Waals surface area contributed by atoms with E-state index in [1.54, 1.807) is 6.20 Å². The van der Waals surface area contributed by atoms with E-state index in [1.165, 1.54) is 37.7 Å². The molecule has 0 radical (unpaired) electrons. The second kappa shape index (κ2) is 7.70. The summed E-state index contributed by atoms with van der Waals surface area (Å²) in [7, 11) is 4.27. The molecule has 1 aliphatic carbocycles. The van der Waals surface area contributed by atoms with E-state index in [2.05, 4.69) is 58.4 Å². The highest BCUT2D eigenvalue weighted by molar-refractivity contribution is 5.59. The Morgan fingerprint density at radius 1 is 1.00 bits per heavy atom. The Labute approximate surface area is 156 Å². The first-order chi connectivity index (χ1) is 12.7. The number of hydrogen-bond acceptors (Lipinski definition) is 5. The van der Waals surface area contributed by atoms with Gasteiger partial charge in [-0.25, -0.2) is 4.98 Å². The van der Waals surface area contributed by atoms with Crippen LogP contribution >= 0.6 is 0 Å². The maximum absolute atomic E-state index is 4.79. The minimum atomic E-state index is 0.567. The monoisotopic (exact) mass is 351 g/mol. The molecule has 1 aromatic carbocycles. The van der Waals surface area contributed by atoms with E-state index >= 15 is 0 Å². The van der Waals surface area contributed by atoms with Crippen molar-refractivity contribution in [3.63, 3.8) is 0 Å². The van der Waals surface area contributed by atoms with Crippen LogP contribution in [0.4, 0.5) is 5.95 Å². The molecule has 0 N–H and O–H groups in total. The Balaban J connectivity index is 1.49. The number of rotatable bonds is 4. The lowest BCUT2D eigenvalue weighted by molar-refractivity contribution is 0.315. The highest BCUT2D eigenvalue weighted by atomic mass is 15.3. The Bertz CT molecular complexity index is 721. The van der Waals surface area contributed by atoms with Crippen LogP contribution in [0.15, 0.2) is 30.5 Å². The van der Waals surface area contributed by atoms with Gasteiger partial charge in [0.25, 0.3) is 0 Å². The van der Waals surface area contributed by atoms with Crippen molar-refractivity contribution in [3.05, 3.63) is 36.0 Å². The Morgan fingerprint density at radius 2 is 1.77 bits per heavy atom. The van der Waals surface area contributed by atoms with E-state index in [9.17, 15) is 0 Å². The lowest BCUT2D eigenvalue weighted by Crippen LogP contribution is -2.32. The summed E-state index contributed by atoms with van der Waals surface area (Å²) in [4.78, 5) is 9.32. The predicted molar refractivity (Wildman–Crippen MR) is 105 cm³/mol. The number of aromatic nitrogens is 3. The fourth-order valence-corrected chi connectivity index (χ4v) is 4.27. The molecule has 0 amide bonds. The van der Waals surface area contributed by atoms with Gasteiger partial charge >= 0.3 is 0 Å². The predicted octanol–water partition coefficient (Wildman–Crippen LogP) is 3.73. The van der Waals surface area contributed by atoms with Crippen molar-refractivity contribution in [2.24, 2.45) is 0 Å². The molecule has 1 saturated heterocycles. The van der Waals surface area contributed by atoms with E-state index in [-0.39, 0.29) is 0 Å². The normalized spacial score (nSPS) is 21.5. The molecule has 1 aliphatic heterocycles. The van der Waals surface area contributed by atoms with Crippen molar-refractivity contribution < 1.29 is 0 Å². The molecule has 0 unspecified atom stereocenters. The van der Waals surface area contributed by atoms with E-state index in [0.717, 1.165) is 42.6 Å². The molecule has 2 aromatic rings. The van der Waals surface area contributed by atoms with Crippen LogP contribution in [0.5, 0.6) is 0 Å². The molecular formula is C21H29N5. The fraction of sp³-hybridized carbons (Fsp3) is 0.571. The van der Waals surface area contributed by atoms with E-state index < -0.39 is 0 Å². The molecule has 4 rings (SSSR count). The molecular weight excluding hydrogens is 322 g/mol. The molecule has 0 spiro atoms. The maximum atomic E-state index is 4.79. The standard InChI is InChI=1S/C21H29N5/c1-25(2)19-12-13-26(15-19)21-23-20(14-22-24-21)18-10-8-17(9-11-18)16-6-4-3-5-7-16/h8-11,14,16,19H,3-7,12-13,15H2,1-2H3/t19-/m0/s1. The molecule has 2 fully saturated rings. The Hall–Kier alpha value is -2.01. The number of nitrogens with zero attached hydrogens (tertiary/aromatic N) is 5. The molecule has 2 heterocycles. The van der Waals surface area contributed by atoms with Crippen LogP contribution in [0.1, 0.15) is 50.0 Å².